The van der Waals surface area contributed by atoms with E-state index in [0.29, 0.717) is 12.6 Å². The summed E-state index contributed by atoms with van der Waals surface area (Å²) in [5, 5.41) is 12.7. The van der Waals surface area contributed by atoms with Crippen LogP contribution in [0.3, 0.4) is 0 Å². The molecular weight excluding hydrogens is 196 g/mol. The van der Waals surface area contributed by atoms with Gasteiger partial charge < -0.3 is 14.4 Å². The molecule has 2 rings (SSSR count). The third-order valence-corrected chi connectivity index (χ3v) is 2.69. The molecule has 0 bridgehead atoms. The quantitative estimate of drug-likeness (QED) is 0.778. The van der Waals surface area contributed by atoms with Crippen LogP contribution < -0.4 is 0 Å². The topological polar surface area (TPSA) is 58.7 Å². The number of aliphatic hydroxyl groups is 1. The van der Waals surface area contributed by atoms with Crippen LogP contribution in [-0.4, -0.2) is 47.1 Å². The van der Waals surface area contributed by atoms with Gasteiger partial charge >= 0.3 is 0 Å². The number of aliphatic hydroxyl groups excluding tert-OH is 1. The number of hydrogen-bond acceptors (Lipinski definition) is 5. The molecular formula is C10H16N2O3. The summed E-state index contributed by atoms with van der Waals surface area (Å²) >= 11 is 0. The lowest BCUT2D eigenvalue weighted by atomic mass is 10.2. The lowest BCUT2D eigenvalue weighted by molar-refractivity contribution is -0.0823. The zero-order chi connectivity index (χ0) is 10.7. The minimum atomic E-state index is -0.0795. The van der Waals surface area contributed by atoms with Crippen LogP contribution in [0.4, 0.5) is 0 Å². The second-order valence-corrected chi connectivity index (χ2v) is 3.90. The number of morpholine rings is 1. The predicted molar refractivity (Wildman–Crippen MR) is 53.2 cm³/mol. The standard InChI is InChI=1S/C10H16N2O3/c1-8-7-14-10(6-13)5-12(8)4-9-2-3-11-15-9/h2-3,8,10,13H,4-7H2,1H3. The third-order valence-electron chi connectivity index (χ3n) is 2.69. The maximum atomic E-state index is 9.03. The Bertz CT molecular complexity index is 289. The molecule has 84 valence electrons. The van der Waals surface area contributed by atoms with Gasteiger partial charge in [-0.05, 0) is 6.92 Å². The molecule has 1 aromatic heterocycles. The fourth-order valence-electron chi connectivity index (χ4n) is 1.73. The molecule has 0 spiro atoms. The SMILES string of the molecule is CC1COC(CO)CN1Cc1ccno1. The fourth-order valence-corrected chi connectivity index (χ4v) is 1.73. The summed E-state index contributed by atoms with van der Waals surface area (Å²) in [6.07, 6.45) is 1.56. The van der Waals surface area contributed by atoms with Crippen LogP contribution in [-0.2, 0) is 11.3 Å². The van der Waals surface area contributed by atoms with Crippen LogP contribution in [0.2, 0.25) is 0 Å². The molecule has 5 nitrogen and oxygen atoms in total. The number of hydrogen-bond donors (Lipinski definition) is 1. The molecule has 1 saturated heterocycles. The first-order chi connectivity index (χ1) is 7.29. The Morgan fingerprint density at radius 1 is 1.67 bits per heavy atom. The second-order valence-electron chi connectivity index (χ2n) is 3.90. The fraction of sp³-hybridized carbons (Fsp3) is 0.700. The Balaban J connectivity index is 1.94. The Morgan fingerprint density at radius 2 is 2.53 bits per heavy atom. The molecule has 1 aromatic rings. The normalized spacial score (nSPS) is 28.1. The van der Waals surface area contributed by atoms with E-state index in [0.717, 1.165) is 18.8 Å². The average molecular weight is 212 g/mol. The van der Waals surface area contributed by atoms with E-state index >= 15 is 0 Å². The van der Waals surface area contributed by atoms with Crippen LogP contribution in [0.15, 0.2) is 16.8 Å². The minimum absolute atomic E-state index is 0.0691. The molecule has 0 aromatic carbocycles. The second kappa shape index (κ2) is 4.74. The molecule has 1 aliphatic heterocycles. The van der Waals surface area contributed by atoms with Crippen molar-refractivity contribution in [3.63, 3.8) is 0 Å². The molecule has 1 fully saturated rings. The van der Waals surface area contributed by atoms with Crippen LogP contribution in [0.25, 0.3) is 0 Å². The van der Waals surface area contributed by atoms with Crippen LogP contribution in [0.1, 0.15) is 12.7 Å². The van der Waals surface area contributed by atoms with Crippen molar-refractivity contribution in [2.75, 3.05) is 19.8 Å². The van der Waals surface area contributed by atoms with E-state index < -0.39 is 0 Å². The summed E-state index contributed by atoms with van der Waals surface area (Å²) in [7, 11) is 0. The first-order valence-electron chi connectivity index (χ1n) is 5.15. The average Bonchev–Trinajstić information content (AvgIpc) is 2.74. The van der Waals surface area contributed by atoms with Gasteiger partial charge in [-0.15, -0.1) is 0 Å². The predicted octanol–water partition coefficient (Wildman–Crippen LogP) is 0.256. The van der Waals surface area contributed by atoms with Crippen LogP contribution >= 0.6 is 0 Å². The Kier molecular flexibility index (Phi) is 3.35. The van der Waals surface area contributed by atoms with Gasteiger partial charge in [0.1, 0.15) is 0 Å². The van der Waals surface area contributed by atoms with Crippen molar-refractivity contribution in [2.24, 2.45) is 0 Å². The Labute approximate surface area is 88.6 Å². The van der Waals surface area contributed by atoms with Crippen LogP contribution in [0.5, 0.6) is 0 Å². The highest BCUT2D eigenvalue weighted by molar-refractivity contribution is 4.94. The van der Waals surface area contributed by atoms with Gasteiger partial charge in [-0.1, -0.05) is 5.16 Å². The maximum absolute atomic E-state index is 9.03. The van der Waals surface area contributed by atoms with E-state index in [1.807, 2.05) is 6.07 Å². The first kappa shape index (κ1) is 10.6. The largest absolute Gasteiger partial charge is 0.394 e. The van der Waals surface area contributed by atoms with Gasteiger partial charge in [-0.3, -0.25) is 4.90 Å². The van der Waals surface area contributed by atoms with Crippen molar-refractivity contribution < 1.29 is 14.4 Å². The van der Waals surface area contributed by atoms with E-state index in [-0.39, 0.29) is 12.7 Å². The maximum Gasteiger partial charge on any atom is 0.150 e. The van der Waals surface area contributed by atoms with Crippen molar-refractivity contribution in [3.05, 3.63) is 18.0 Å². The number of aromatic nitrogens is 1. The van der Waals surface area contributed by atoms with E-state index in [9.17, 15) is 0 Å². The molecule has 0 radical (unpaired) electrons. The molecule has 1 aliphatic rings. The minimum Gasteiger partial charge on any atom is -0.394 e. The molecule has 0 saturated carbocycles. The molecule has 2 heterocycles. The summed E-state index contributed by atoms with van der Waals surface area (Å²) < 4.78 is 10.5. The van der Waals surface area contributed by atoms with Crippen molar-refractivity contribution in [3.8, 4) is 0 Å². The summed E-state index contributed by atoms with van der Waals surface area (Å²) in [5.74, 6) is 0.848. The molecule has 15 heavy (non-hydrogen) atoms. The highest BCUT2D eigenvalue weighted by Crippen LogP contribution is 2.14. The van der Waals surface area contributed by atoms with Crippen molar-refractivity contribution in [1.82, 2.24) is 10.1 Å². The van der Waals surface area contributed by atoms with Crippen LogP contribution in [0, 0.1) is 0 Å². The summed E-state index contributed by atoms with van der Waals surface area (Å²) in [6, 6.07) is 2.20. The van der Waals surface area contributed by atoms with Gasteiger partial charge in [0, 0.05) is 18.7 Å². The number of nitrogens with zero attached hydrogens (tertiary/aromatic N) is 2. The molecule has 1 N–H and O–H groups in total. The number of ether oxygens (including phenoxy) is 1. The molecule has 2 atom stereocenters. The van der Waals surface area contributed by atoms with Gasteiger partial charge in [0.15, 0.2) is 5.76 Å². The monoisotopic (exact) mass is 212 g/mol. The van der Waals surface area contributed by atoms with Crippen molar-refractivity contribution in [2.45, 2.75) is 25.6 Å². The summed E-state index contributed by atoms with van der Waals surface area (Å²) in [4.78, 5) is 2.23. The Morgan fingerprint density at radius 3 is 3.20 bits per heavy atom. The summed E-state index contributed by atoms with van der Waals surface area (Å²) in [6.45, 7) is 4.28. The lowest BCUT2D eigenvalue weighted by Crippen LogP contribution is -2.48. The van der Waals surface area contributed by atoms with E-state index in [1.165, 1.54) is 0 Å². The van der Waals surface area contributed by atoms with Gasteiger partial charge in [0.2, 0.25) is 0 Å². The molecule has 2 unspecified atom stereocenters. The Hall–Kier alpha value is -0.910. The van der Waals surface area contributed by atoms with Gasteiger partial charge in [-0.25, -0.2) is 0 Å². The van der Waals surface area contributed by atoms with E-state index in [2.05, 4.69) is 17.0 Å². The smallest absolute Gasteiger partial charge is 0.150 e. The third kappa shape index (κ3) is 2.56. The zero-order valence-corrected chi connectivity index (χ0v) is 8.80. The molecule has 0 amide bonds. The molecule has 5 heteroatoms. The summed E-state index contributed by atoms with van der Waals surface area (Å²) in [5.41, 5.74) is 0. The van der Waals surface area contributed by atoms with Gasteiger partial charge in [-0.2, -0.15) is 0 Å². The molecule has 0 aliphatic carbocycles. The highest BCUT2D eigenvalue weighted by Gasteiger charge is 2.26. The van der Waals surface area contributed by atoms with Gasteiger partial charge in [0.25, 0.3) is 0 Å². The number of rotatable bonds is 3. The van der Waals surface area contributed by atoms with Crippen molar-refractivity contribution in [1.29, 1.82) is 0 Å². The first-order valence-corrected chi connectivity index (χ1v) is 5.15. The lowest BCUT2D eigenvalue weighted by Gasteiger charge is -2.36. The highest BCUT2D eigenvalue weighted by atomic mass is 16.5. The van der Waals surface area contributed by atoms with E-state index in [4.69, 9.17) is 14.4 Å². The van der Waals surface area contributed by atoms with Gasteiger partial charge in [0.05, 0.1) is 32.1 Å². The zero-order valence-electron chi connectivity index (χ0n) is 8.80. The van der Waals surface area contributed by atoms with E-state index in [1.54, 1.807) is 6.20 Å². The van der Waals surface area contributed by atoms with Crippen molar-refractivity contribution >= 4 is 0 Å².